The fourth-order valence-electron chi connectivity index (χ4n) is 3.31. The molecule has 0 saturated carbocycles. The molecule has 1 N–H and O–H groups in total. The first kappa shape index (κ1) is 15.8. The van der Waals surface area contributed by atoms with Gasteiger partial charge in [-0.05, 0) is 56.0 Å². The predicted molar refractivity (Wildman–Crippen MR) is 86.4 cm³/mol. The van der Waals surface area contributed by atoms with Gasteiger partial charge in [0.2, 0.25) is 0 Å². The number of pyridine rings is 1. The normalized spacial score (nSPS) is 21.3. The van der Waals surface area contributed by atoms with E-state index in [1.54, 1.807) is 11.1 Å². The molecule has 23 heavy (non-hydrogen) atoms. The second-order valence-electron chi connectivity index (χ2n) is 6.44. The van der Waals surface area contributed by atoms with E-state index in [1.807, 2.05) is 12.1 Å². The Morgan fingerprint density at radius 1 is 1.39 bits per heavy atom. The van der Waals surface area contributed by atoms with Gasteiger partial charge in [0.25, 0.3) is 5.91 Å². The molecule has 0 aliphatic carbocycles. The Balaban J connectivity index is 1.52. The maximum atomic E-state index is 12.3. The molecule has 122 valence electrons. The van der Waals surface area contributed by atoms with E-state index in [4.69, 9.17) is 5.26 Å². The molecule has 1 aromatic heterocycles. The molecule has 2 saturated heterocycles. The number of likely N-dealkylation sites (tertiary alicyclic amines) is 2. The van der Waals surface area contributed by atoms with E-state index in [2.05, 4.69) is 21.4 Å². The van der Waals surface area contributed by atoms with Crippen LogP contribution in [-0.2, 0) is 6.54 Å². The molecule has 6 nitrogen and oxygen atoms in total. The van der Waals surface area contributed by atoms with Crippen molar-refractivity contribution in [1.29, 1.82) is 5.26 Å². The third-order valence-electron chi connectivity index (χ3n) is 4.64. The summed E-state index contributed by atoms with van der Waals surface area (Å²) >= 11 is 0. The third-order valence-corrected chi connectivity index (χ3v) is 4.64. The number of carbonyl (C=O) groups is 1. The molecule has 6 heteroatoms. The van der Waals surface area contributed by atoms with Crippen molar-refractivity contribution in [3.05, 3.63) is 29.6 Å². The minimum Gasteiger partial charge on any atom is -0.350 e. The Labute approximate surface area is 137 Å². The maximum Gasteiger partial charge on any atom is 0.269 e. The smallest absolute Gasteiger partial charge is 0.269 e. The third kappa shape index (κ3) is 4.20. The molecule has 1 aromatic rings. The fourth-order valence-corrected chi connectivity index (χ4v) is 3.31. The molecular weight excluding hydrogens is 290 g/mol. The molecule has 2 fully saturated rings. The largest absolute Gasteiger partial charge is 0.350 e. The molecule has 3 heterocycles. The van der Waals surface area contributed by atoms with Gasteiger partial charge in [0, 0.05) is 32.4 Å². The number of nitriles is 1. The highest BCUT2D eigenvalue weighted by Gasteiger charge is 2.22. The van der Waals surface area contributed by atoms with Gasteiger partial charge in [-0.25, -0.2) is 0 Å². The highest BCUT2D eigenvalue weighted by atomic mass is 16.1. The lowest BCUT2D eigenvalue weighted by Gasteiger charge is -2.15. The van der Waals surface area contributed by atoms with E-state index in [-0.39, 0.29) is 5.91 Å². The molecule has 0 radical (unpaired) electrons. The standard InChI is InChI=1S/C17H23N5O/c18-13-22-8-4-15(12-22)10-20-17(23)16-9-14(3-5-19-16)11-21-6-1-2-7-21/h3,5,9,15H,1-2,4,6-8,10-12H2,(H,20,23). The molecule has 1 amide bonds. The van der Waals surface area contributed by atoms with Crippen molar-refractivity contribution in [1.82, 2.24) is 20.1 Å². The fraction of sp³-hybridized carbons (Fsp3) is 0.588. The lowest BCUT2D eigenvalue weighted by atomic mass is 10.1. The van der Waals surface area contributed by atoms with Crippen molar-refractivity contribution in [2.24, 2.45) is 5.92 Å². The van der Waals surface area contributed by atoms with Crippen LogP contribution in [0, 0.1) is 17.4 Å². The van der Waals surface area contributed by atoms with E-state index in [1.165, 1.54) is 12.8 Å². The van der Waals surface area contributed by atoms with Crippen molar-refractivity contribution < 1.29 is 4.79 Å². The zero-order chi connectivity index (χ0) is 16.1. The first-order chi connectivity index (χ1) is 11.2. The van der Waals surface area contributed by atoms with Crippen LogP contribution in [0.25, 0.3) is 0 Å². The lowest BCUT2D eigenvalue weighted by Crippen LogP contribution is -2.31. The summed E-state index contributed by atoms with van der Waals surface area (Å²) < 4.78 is 0. The van der Waals surface area contributed by atoms with E-state index in [0.717, 1.165) is 44.7 Å². The summed E-state index contributed by atoms with van der Waals surface area (Å²) in [5.41, 5.74) is 1.63. The molecule has 0 spiro atoms. The molecule has 2 aliphatic heterocycles. The maximum absolute atomic E-state index is 12.3. The van der Waals surface area contributed by atoms with Gasteiger partial charge in [-0.2, -0.15) is 5.26 Å². The number of nitrogens with zero attached hydrogens (tertiary/aromatic N) is 4. The molecule has 1 unspecified atom stereocenters. The van der Waals surface area contributed by atoms with Crippen LogP contribution in [0.3, 0.4) is 0 Å². The summed E-state index contributed by atoms with van der Waals surface area (Å²) in [5.74, 6) is 0.232. The van der Waals surface area contributed by atoms with Gasteiger partial charge in [0.15, 0.2) is 6.19 Å². The number of aromatic nitrogens is 1. The van der Waals surface area contributed by atoms with Crippen LogP contribution >= 0.6 is 0 Å². The Bertz CT molecular complexity index is 591. The summed E-state index contributed by atoms with van der Waals surface area (Å²) in [6, 6.07) is 3.88. The van der Waals surface area contributed by atoms with Gasteiger partial charge in [-0.3, -0.25) is 14.7 Å². The van der Waals surface area contributed by atoms with E-state index < -0.39 is 0 Å². The Morgan fingerprint density at radius 3 is 2.96 bits per heavy atom. The number of amides is 1. The van der Waals surface area contributed by atoms with Crippen LogP contribution < -0.4 is 5.32 Å². The molecule has 1 atom stereocenters. The minimum atomic E-state index is -0.122. The van der Waals surface area contributed by atoms with Gasteiger partial charge in [-0.1, -0.05) is 0 Å². The monoisotopic (exact) mass is 313 g/mol. The summed E-state index contributed by atoms with van der Waals surface area (Å²) in [6.07, 6.45) is 7.36. The second-order valence-corrected chi connectivity index (χ2v) is 6.44. The van der Waals surface area contributed by atoms with Crippen molar-refractivity contribution in [2.75, 3.05) is 32.7 Å². The number of nitrogens with one attached hydrogen (secondary N) is 1. The summed E-state index contributed by atoms with van der Waals surface area (Å²) in [4.78, 5) is 20.6. The molecule has 3 rings (SSSR count). The molecular formula is C17H23N5O. The highest BCUT2D eigenvalue weighted by Crippen LogP contribution is 2.15. The van der Waals surface area contributed by atoms with E-state index >= 15 is 0 Å². The molecule has 0 aromatic carbocycles. The van der Waals surface area contributed by atoms with Crippen molar-refractivity contribution in [2.45, 2.75) is 25.8 Å². The average molecular weight is 313 g/mol. The Hall–Kier alpha value is -2.13. The first-order valence-corrected chi connectivity index (χ1v) is 8.35. The summed E-state index contributed by atoms with van der Waals surface area (Å²) in [5, 5.41) is 11.8. The van der Waals surface area contributed by atoms with Crippen LogP contribution in [0.1, 0.15) is 35.3 Å². The van der Waals surface area contributed by atoms with Crippen LogP contribution in [0.15, 0.2) is 18.3 Å². The van der Waals surface area contributed by atoms with Crippen molar-refractivity contribution in [3.8, 4) is 6.19 Å². The van der Waals surface area contributed by atoms with Gasteiger partial charge in [-0.15, -0.1) is 0 Å². The quantitative estimate of drug-likeness (QED) is 0.827. The number of rotatable bonds is 5. The first-order valence-electron chi connectivity index (χ1n) is 8.35. The van der Waals surface area contributed by atoms with Gasteiger partial charge in [0.05, 0.1) is 0 Å². The topological polar surface area (TPSA) is 72.3 Å². The zero-order valence-electron chi connectivity index (χ0n) is 13.4. The summed E-state index contributed by atoms with van der Waals surface area (Å²) in [7, 11) is 0. The van der Waals surface area contributed by atoms with Crippen molar-refractivity contribution in [3.63, 3.8) is 0 Å². The van der Waals surface area contributed by atoms with Crippen LogP contribution in [-0.4, -0.2) is 53.4 Å². The Kier molecular flexibility index (Phi) is 5.09. The number of hydrogen-bond acceptors (Lipinski definition) is 5. The predicted octanol–water partition coefficient (Wildman–Crippen LogP) is 1.21. The molecule has 0 bridgehead atoms. The van der Waals surface area contributed by atoms with Crippen molar-refractivity contribution >= 4 is 5.91 Å². The number of carbonyl (C=O) groups excluding carboxylic acids is 1. The highest BCUT2D eigenvalue weighted by molar-refractivity contribution is 5.92. The zero-order valence-corrected chi connectivity index (χ0v) is 13.4. The minimum absolute atomic E-state index is 0.122. The molecule has 2 aliphatic rings. The summed E-state index contributed by atoms with van der Waals surface area (Å²) in [6.45, 7) is 5.30. The SMILES string of the molecule is N#CN1CCC(CNC(=O)c2cc(CN3CCCC3)ccn2)C1. The second kappa shape index (κ2) is 7.42. The lowest BCUT2D eigenvalue weighted by molar-refractivity contribution is 0.0942. The van der Waals surface area contributed by atoms with Crippen LogP contribution in [0.5, 0.6) is 0 Å². The van der Waals surface area contributed by atoms with Gasteiger partial charge in [0.1, 0.15) is 5.69 Å². The Morgan fingerprint density at radius 2 is 2.22 bits per heavy atom. The van der Waals surface area contributed by atoms with Crippen LogP contribution in [0.4, 0.5) is 0 Å². The van der Waals surface area contributed by atoms with Crippen LogP contribution in [0.2, 0.25) is 0 Å². The number of hydrogen-bond donors (Lipinski definition) is 1. The van der Waals surface area contributed by atoms with E-state index in [9.17, 15) is 4.79 Å². The van der Waals surface area contributed by atoms with Gasteiger partial charge >= 0.3 is 0 Å². The van der Waals surface area contributed by atoms with Gasteiger partial charge < -0.3 is 10.2 Å². The van der Waals surface area contributed by atoms with E-state index in [0.29, 0.717) is 18.2 Å². The average Bonchev–Trinajstić information content (AvgIpc) is 3.24.